The van der Waals surface area contributed by atoms with Gasteiger partial charge in [-0.15, -0.1) is 0 Å². The third-order valence-electron chi connectivity index (χ3n) is 2.67. The summed E-state index contributed by atoms with van der Waals surface area (Å²) in [6, 6.07) is 7.53. The average molecular weight is 305 g/mol. The zero-order valence-corrected chi connectivity index (χ0v) is 11.8. The maximum Gasteiger partial charge on any atom is 0.185 e. The second-order valence-electron chi connectivity index (χ2n) is 4.06. The molecule has 18 heavy (non-hydrogen) atoms. The van der Waals surface area contributed by atoms with Gasteiger partial charge in [0.1, 0.15) is 0 Å². The van der Waals surface area contributed by atoms with Gasteiger partial charge in [0.2, 0.25) is 0 Å². The molecule has 0 N–H and O–H groups in total. The minimum Gasteiger partial charge on any atom is -0.289 e. The maximum absolute atomic E-state index is 11.9. The van der Waals surface area contributed by atoms with Crippen LogP contribution in [0.5, 0.6) is 0 Å². The van der Waals surface area contributed by atoms with Crippen LogP contribution in [-0.2, 0) is 7.05 Å². The molecule has 3 nitrogen and oxygen atoms in total. The fourth-order valence-corrected chi connectivity index (χ4v) is 2.06. The minimum absolute atomic E-state index is 0.0110. The quantitative estimate of drug-likeness (QED) is 0.643. The Labute approximate surface area is 114 Å². The van der Waals surface area contributed by atoms with Crippen molar-refractivity contribution in [3.63, 3.8) is 0 Å². The second-order valence-corrected chi connectivity index (χ2v) is 4.92. The van der Waals surface area contributed by atoms with Crippen LogP contribution in [0.4, 0.5) is 0 Å². The van der Waals surface area contributed by atoms with Gasteiger partial charge in [0.25, 0.3) is 0 Å². The Morgan fingerprint density at radius 2 is 2.00 bits per heavy atom. The largest absolute Gasteiger partial charge is 0.289 e. The number of benzene rings is 1. The lowest BCUT2D eigenvalue weighted by Gasteiger charge is -1.98. The SMILES string of the molecule is Cc1ccc(C(=O)/C=C/c2c(Br)cnn2C)cc1. The lowest BCUT2D eigenvalue weighted by Crippen LogP contribution is -1.96. The number of hydrogen-bond donors (Lipinski definition) is 0. The van der Waals surface area contributed by atoms with Crippen molar-refractivity contribution >= 4 is 27.8 Å². The summed E-state index contributed by atoms with van der Waals surface area (Å²) in [5.74, 6) is -0.0110. The number of hydrogen-bond acceptors (Lipinski definition) is 2. The number of carbonyl (C=O) groups excluding carboxylic acids is 1. The van der Waals surface area contributed by atoms with Crippen LogP contribution in [0.3, 0.4) is 0 Å². The first-order valence-corrected chi connectivity index (χ1v) is 6.34. The van der Waals surface area contributed by atoms with E-state index in [2.05, 4.69) is 21.0 Å². The molecule has 1 aromatic carbocycles. The van der Waals surface area contributed by atoms with E-state index in [9.17, 15) is 4.79 Å². The molecule has 0 aliphatic heterocycles. The third-order valence-corrected chi connectivity index (χ3v) is 3.28. The van der Waals surface area contributed by atoms with Crippen molar-refractivity contribution in [2.75, 3.05) is 0 Å². The number of aromatic nitrogens is 2. The fourth-order valence-electron chi connectivity index (χ4n) is 1.58. The molecular weight excluding hydrogens is 292 g/mol. The van der Waals surface area contributed by atoms with Gasteiger partial charge >= 0.3 is 0 Å². The first kappa shape index (κ1) is 12.8. The summed E-state index contributed by atoms with van der Waals surface area (Å²) in [6.07, 6.45) is 5.03. The molecule has 0 saturated heterocycles. The molecule has 0 radical (unpaired) electrons. The highest BCUT2D eigenvalue weighted by Crippen LogP contribution is 2.16. The molecule has 0 unspecified atom stereocenters. The molecule has 0 saturated carbocycles. The molecule has 0 atom stereocenters. The molecule has 0 aliphatic carbocycles. The highest BCUT2D eigenvalue weighted by atomic mass is 79.9. The third kappa shape index (κ3) is 2.76. The Kier molecular flexibility index (Phi) is 3.77. The van der Waals surface area contributed by atoms with Crippen molar-refractivity contribution in [3.8, 4) is 0 Å². The van der Waals surface area contributed by atoms with Gasteiger partial charge in [0, 0.05) is 12.6 Å². The van der Waals surface area contributed by atoms with Gasteiger partial charge in [-0.3, -0.25) is 9.48 Å². The molecule has 2 aromatic rings. The lowest BCUT2D eigenvalue weighted by molar-refractivity contribution is 0.104. The van der Waals surface area contributed by atoms with Gasteiger partial charge in [0.05, 0.1) is 16.4 Å². The van der Waals surface area contributed by atoms with Gasteiger partial charge in [-0.05, 0) is 35.0 Å². The van der Waals surface area contributed by atoms with Crippen molar-refractivity contribution in [2.45, 2.75) is 6.92 Å². The molecule has 4 heteroatoms. The average Bonchev–Trinajstić information content (AvgIpc) is 2.67. The first-order chi connectivity index (χ1) is 8.58. The van der Waals surface area contributed by atoms with E-state index in [1.807, 2.05) is 38.2 Å². The van der Waals surface area contributed by atoms with Crippen LogP contribution in [0, 0.1) is 6.92 Å². The monoisotopic (exact) mass is 304 g/mol. The zero-order valence-electron chi connectivity index (χ0n) is 10.2. The molecule has 0 spiro atoms. The number of ketones is 1. The topological polar surface area (TPSA) is 34.9 Å². The van der Waals surface area contributed by atoms with Gasteiger partial charge < -0.3 is 0 Å². The highest BCUT2D eigenvalue weighted by molar-refractivity contribution is 9.10. The number of rotatable bonds is 3. The zero-order chi connectivity index (χ0) is 13.1. The van der Waals surface area contributed by atoms with E-state index >= 15 is 0 Å². The lowest BCUT2D eigenvalue weighted by atomic mass is 10.1. The molecule has 0 fully saturated rings. The normalized spacial score (nSPS) is 11.1. The molecule has 92 valence electrons. The molecule has 0 aliphatic rings. The van der Waals surface area contributed by atoms with E-state index in [-0.39, 0.29) is 5.78 Å². The maximum atomic E-state index is 11.9. The molecule has 1 aromatic heterocycles. The van der Waals surface area contributed by atoms with E-state index in [4.69, 9.17) is 0 Å². The van der Waals surface area contributed by atoms with E-state index in [0.29, 0.717) is 5.56 Å². The van der Waals surface area contributed by atoms with E-state index in [1.54, 1.807) is 23.0 Å². The molecular formula is C14H13BrN2O. The predicted molar refractivity (Wildman–Crippen MR) is 75.5 cm³/mol. The summed E-state index contributed by atoms with van der Waals surface area (Å²) < 4.78 is 2.58. The number of carbonyl (C=O) groups is 1. The van der Waals surface area contributed by atoms with Crippen LogP contribution in [0.15, 0.2) is 41.0 Å². The summed E-state index contributed by atoms with van der Waals surface area (Å²) in [7, 11) is 1.83. The molecule has 1 heterocycles. The van der Waals surface area contributed by atoms with Crippen molar-refractivity contribution in [2.24, 2.45) is 7.05 Å². The van der Waals surface area contributed by atoms with E-state index in [1.165, 1.54) is 0 Å². The molecule has 0 bridgehead atoms. The van der Waals surface area contributed by atoms with Gasteiger partial charge in [0.15, 0.2) is 5.78 Å². The number of allylic oxidation sites excluding steroid dienone is 1. The van der Waals surface area contributed by atoms with E-state index in [0.717, 1.165) is 15.7 Å². The summed E-state index contributed by atoms with van der Waals surface area (Å²) in [6.45, 7) is 2.00. The fraction of sp³-hybridized carbons (Fsp3) is 0.143. The Hall–Kier alpha value is -1.68. The smallest absolute Gasteiger partial charge is 0.185 e. The summed E-state index contributed by atoms with van der Waals surface area (Å²) >= 11 is 3.39. The van der Waals surface area contributed by atoms with Crippen LogP contribution in [-0.4, -0.2) is 15.6 Å². The Bertz CT molecular complexity index is 577. The Morgan fingerprint density at radius 1 is 1.33 bits per heavy atom. The summed E-state index contributed by atoms with van der Waals surface area (Å²) in [4.78, 5) is 11.9. The van der Waals surface area contributed by atoms with Crippen LogP contribution >= 0.6 is 15.9 Å². The Balaban J connectivity index is 2.19. The first-order valence-electron chi connectivity index (χ1n) is 5.54. The van der Waals surface area contributed by atoms with Crippen LogP contribution in [0.25, 0.3) is 6.08 Å². The highest BCUT2D eigenvalue weighted by Gasteiger charge is 2.04. The van der Waals surface area contributed by atoms with Crippen molar-refractivity contribution in [1.29, 1.82) is 0 Å². The second kappa shape index (κ2) is 5.31. The standard InChI is InChI=1S/C14H13BrN2O/c1-10-3-5-11(6-4-10)14(18)8-7-13-12(15)9-16-17(13)2/h3-9H,1-2H3/b8-7+. The van der Waals surface area contributed by atoms with Gasteiger partial charge in [-0.1, -0.05) is 29.8 Å². The Morgan fingerprint density at radius 3 is 2.56 bits per heavy atom. The van der Waals surface area contributed by atoms with Gasteiger partial charge in [-0.25, -0.2) is 0 Å². The van der Waals surface area contributed by atoms with Crippen molar-refractivity contribution in [3.05, 3.63) is 57.8 Å². The van der Waals surface area contributed by atoms with Gasteiger partial charge in [-0.2, -0.15) is 5.10 Å². The van der Waals surface area contributed by atoms with Crippen molar-refractivity contribution < 1.29 is 4.79 Å². The van der Waals surface area contributed by atoms with E-state index < -0.39 is 0 Å². The summed E-state index contributed by atoms with van der Waals surface area (Å²) in [5, 5.41) is 4.09. The van der Waals surface area contributed by atoms with Crippen LogP contribution in [0.2, 0.25) is 0 Å². The van der Waals surface area contributed by atoms with Crippen LogP contribution < -0.4 is 0 Å². The summed E-state index contributed by atoms with van der Waals surface area (Å²) in [5.41, 5.74) is 2.70. The number of aryl methyl sites for hydroxylation is 2. The van der Waals surface area contributed by atoms with Crippen LogP contribution in [0.1, 0.15) is 21.6 Å². The predicted octanol–water partition coefficient (Wildman–Crippen LogP) is 3.39. The molecule has 0 amide bonds. The van der Waals surface area contributed by atoms with Crippen molar-refractivity contribution in [1.82, 2.24) is 9.78 Å². The number of halogens is 1. The minimum atomic E-state index is -0.0110. The molecule has 2 rings (SSSR count). The number of nitrogens with zero attached hydrogens (tertiary/aromatic N) is 2.